The molecule has 9 heteroatoms. The number of rotatable bonds is 10. The minimum absolute atomic E-state index is 0.0845. The van der Waals surface area contributed by atoms with Crippen LogP contribution in [0.15, 0.2) is 33.9 Å². The van der Waals surface area contributed by atoms with Crippen LogP contribution < -0.4 is 16.6 Å². The highest BCUT2D eigenvalue weighted by atomic mass is 35.5. The van der Waals surface area contributed by atoms with Crippen LogP contribution in [0, 0.1) is 6.92 Å². The number of aromatic amines is 1. The third kappa shape index (κ3) is 5.64. The molecule has 0 bridgehead atoms. The van der Waals surface area contributed by atoms with Gasteiger partial charge in [-0.2, -0.15) is 4.98 Å². The van der Waals surface area contributed by atoms with E-state index in [0.29, 0.717) is 31.5 Å². The predicted molar refractivity (Wildman–Crippen MR) is 123 cm³/mol. The molecule has 0 atom stereocenters. The Morgan fingerprint density at radius 2 is 1.74 bits per heavy atom. The molecule has 2 heterocycles. The summed E-state index contributed by atoms with van der Waals surface area (Å²) < 4.78 is 2.72. The quantitative estimate of drug-likeness (QED) is 0.365. The zero-order chi connectivity index (χ0) is 22.4. The smallest absolute Gasteiger partial charge is 0.326 e. The number of imidazole rings is 1. The van der Waals surface area contributed by atoms with Gasteiger partial charge in [0.1, 0.15) is 0 Å². The summed E-state index contributed by atoms with van der Waals surface area (Å²) in [7, 11) is 0. The molecule has 166 valence electrons. The van der Waals surface area contributed by atoms with Crippen LogP contribution in [0.1, 0.15) is 51.0 Å². The van der Waals surface area contributed by atoms with E-state index in [-0.39, 0.29) is 28.9 Å². The second-order valence-electron chi connectivity index (χ2n) is 7.70. The summed E-state index contributed by atoms with van der Waals surface area (Å²) in [5.41, 5.74) is 1.59. The van der Waals surface area contributed by atoms with Crippen LogP contribution in [0.25, 0.3) is 11.2 Å². The number of nitrogens with one attached hydrogen (secondary N) is 2. The van der Waals surface area contributed by atoms with Crippen molar-refractivity contribution in [3.63, 3.8) is 0 Å². The molecule has 0 aliphatic heterocycles. The van der Waals surface area contributed by atoms with Crippen molar-refractivity contribution in [1.29, 1.82) is 0 Å². The molecular formula is C22H28ClN5O3. The van der Waals surface area contributed by atoms with Crippen LogP contribution in [-0.2, 0) is 17.9 Å². The normalized spacial score (nSPS) is 11.2. The number of carbonyl (C=O) groups excluding carboxylic acids is 1. The Hall–Kier alpha value is -2.87. The van der Waals surface area contributed by atoms with Crippen molar-refractivity contribution in [1.82, 2.24) is 19.1 Å². The Bertz CT molecular complexity index is 1160. The Morgan fingerprint density at radius 1 is 1.06 bits per heavy atom. The number of amides is 1. The van der Waals surface area contributed by atoms with Crippen molar-refractivity contribution in [3.05, 3.63) is 56.0 Å². The molecule has 3 rings (SSSR count). The SMILES string of the molecule is CCCCCn1c(=O)n(CCCCC(=O)Nc2ccc(C)cc2)c(=O)c2[nH]c(Cl)nc21. The molecule has 8 nitrogen and oxygen atoms in total. The van der Waals surface area contributed by atoms with Gasteiger partial charge in [0, 0.05) is 25.2 Å². The first kappa shape index (κ1) is 22.8. The molecule has 2 aromatic heterocycles. The molecule has 0 aliphatic carbocycles. The van der Waals surface area contributed by atoms with Gasteiger partial charge in [0.2, 0.25) is 11.2 Å². The van der Waals surface area contributed by atoms with Crippen LogP contribution >= 0.6 is 11.6 Å². The van der Waals surface area contributed by atoms with Crippen LogP contribution in [0.2, 0.25) is 5.28 Å². The number of aryl methyl sites for hydroxylation is 2. The summed E-state index contributed by atoms with van der Waals surface area (Å²) in [5.74, 6) is -0.0935. The molecule has 0 spiro atoms. The number of fused-ring (bicyclic) bond motifs is 1. The zero-order valence-corrected chi connectivity index (χ0v) is 18.7. The monoisotopic (exact) mass is 445 g/mol. The zero-order valence-electron chi connectivity index (χ0n) is 17.9. The Balaban J connectivity index is 1.66. The fraction of sp³-hybridized carbons (Fsp3) is 0.455. The third-order valence-corrected chi connectivity index (χ3v) is 5.37. The van der Waals surface area contributed by atoms with Gasteiger partial charge >= 0.3 is 5.69 Å². The predicted octanol–water partition coefficient (Wildman–Crippen LogP) is 3.85. The summed E-state index contributed by atoms with van der Waals surface area (Å²) in [6.07, 6.45) is 4.20. The third-order valence-electron chi connectivity index (χ3n) is 5.19. The van der Waals surface area contributed by atoms with Gasteiger partial charge in [-0.15, -0.1) is 0 Å². The topological polar surface area (TPSA) is 102 Å². The lowest BCUT2D eigenvalue weighted by Gasteiger charge is -2.11. The fourth-order valence-corrected chi connectivity index (χ4v) is 3.65. The van der Waals surface area contributed by atoms with Gasteiger partial charge in [0.05, 0.1) is 0 Å². The Kier molecular flexibility index (Phi) is 7.68. The van der Waals surface area contributed by atoms with Crippen LogP contribution in [0.5, 0.6) is 0 Å². The molecule has 1 amide bonds. The van der Waals surface area contributed by atoms with Gasteiger partial charge in [-0.1, -0.05) is 37.5 Å². The maximum atomic E-state index is 13.0. The molecule has 3 aromatic rings. The van der Waals surface area contributed by atoms with Crippen LogP contribution in [-0.4, -0.2) is 25.0 Å². The maximum absolute atomic E-state index is 13.0. The number of carbonyl (C=O) groups is 1. The van der Waals surface area contributed by atoms with Gasteiger partial charge in [-0.25, -0.2) is 4.79 Å². The van der Waals surface area contributed by atoms with Gasteiger partial charge in [-0.05, 0) is 49.9 Å². The number of hydrogen-bond acceptors (Lipinski definition) is 4. The number of nitrogens with zero attached hydrogens (tertiary/aromatic N) is 3. The van der Waals surface area contributed by atoms with E-state index in [9.17, 15) is 14.4 Å². The number of benzene rings is 1. The lowest BCUT2D eigenvalue weighted by molar-refractivity contribution is -0.116. The van der Waals surface area contributed by atoms with Crippen molar-refractivity contribution in [2.24, 2.45) is 0 Å². The van der Waals surface area contributed by atoms with Gasteiger partial charge in [-0.3, -0.25) is 18.7 Å². The second kappa shape index (κ2) is 10.4. The van der Waals surface area contributed by atoms with E-state index in [2.05, 4.69) is 22.2 Å². The van der Waals surface area contributed by atoms with E-state index in [4.69, 9.17) is 11.6 Å². The molecule has 2 N–H and O–H groups in total. The van der Waals surface area contributed by atoms with Crippen LogP contribution in [0.4, 0.5) is 5.69 Å². The molecular weight excluding hydrogens is 418 g/mol. The molecule has 1 aromatic carbocycles. The van der Waals surface area contributed by atoms with E-state index < -0.39 is 5.56 Å². The van der Waals surface area contributed by atoms with Crippen molar-refractivity contribution in [2.75, 3.05) is 5.32 Å². The van der Waals surface area contributed by atoms with Gasteiger partial charge in [0.25, 0.3) is 5.56 Å². The number of unbranched alkanes of at least 4 members (excludes halogenated alkanes) is 3. The van der Waals surface area contributed by atoms with E-state index in [1.165, 1.54) is 9.13 Å². The maximum Gasteiger partial charge on any atom is 0.332 e. The summed E-state index contributed by atoms with van der Waals surface area (Å²) in [5, 5.41) is 2.94. The van der Waals surface area contributed by atoms with Crippen molar-refractivity contribution >= 4 is 34.4 Å². The largest absolute Gasteiger partial charge is 0.332 e. The minimum Gasteiger partial charge on any atom is -0.326 e. The molecule has 31 heavy (non-hydrogen) atoms. The first-order valence-corrected chi connectivity index (χ1v) is 11.0. The van der Waals surface area contributed by atoms with E-state index in [1.54, 1.807) is 0 Å². The Labute approximate surface area is 185 Å². The van der Waals surface area contributed by atoms with E-state index in [1.807, 2.05) is 31.2 Å². The van der Waals surface area contributed by atoms with E-state index in [0.717, 1.165) is 30.5 Å². The highest BCUT2D eigenvalue weighted by molar-refractivity contribution is 6.28. The van der Waals surface area contributed by atoms with Gasteiger partial charge < -0.3 is 10.3 Å². The number of H-pyrrole nitrogens is 1. The summed E-state index contributed by atoms with van der Waals surface area (Å²) in [4.78, 5) is 44.8. The number of anilines is 1. The average Bonchev–Trinajstić information content (AvgIpc) is 3.13. The second-order valence-corrected chi connectivity index (χ2v) is 8.05. The number of aromatic nitrogens is 4. The highest BCUT2D eigenvalue weighted by Crippen LogP contribution is 2.12. The van der Waals surface area contributed by atoms with Crippen molar-refractivity contribution in [2.45, 2.75) is 65.5 Å². The van der Waals surface area contributed by atoms with Gasteiger partial charge in [0.15, 0.2) is 11.2 Å². The molecule has 0 fully saturated rings. The van der Waals surface area contributed by atoms with Crippen molar-refractivity contribution < 1.29 is 4.79 Å². The average molecular weight is 446 g/mol. The molecule has 0 saturated heterocycles. The number of halogens is 1. The standard InChI is InChI=1S/C22H28ClN5O3/c1-3-4-6-13-27-19-18(25-21(23)26-19)20(30)28(22(27)31)14-7-5-8-17(29)24-16-11-9-15(2)10-12-16/h9-12H,3-8,13-14H2,1-2H3,(H,24,29)(H,25,26). The lowest BCUT2D eigenvalue weighted by atomic mass is 10.2. The van der Waals surface area contributed by atoms with Crippen molar-refractivity contribution in [3.8, 4) is 0 Å². The number of hydrogen-bond donors (Lipinski definition) is 2. The fourth-order valence-electron chi connectivity index (χ4n) is 3.47. The summed E-state index contributed by atoms with van der Waals surface area (Å²) >= 11 is 5.96. The molecule has 0 aliphatic rings. The highest BCUT2D eigenvalue weighted by Gasteiger charge is 2.16. The first-order chi connectivity index (χ1) is 14.9. The lowest BCUT2D eigenvalue weighted by Crippen LogP contribution is -2.40. The molecule has 0 saturated carbocycles. The Morgan fingerprint density at radius 3 is 2.45 bits per heavy atom. The minimum atomic E-state index is -0.435. The van der Waals surface area contributed by atoms with Crippen LogP contribution in [0.3, 0.4) is 0 Å². The summed E-state index contributed by atoms with van der Waals surface area (Å²) in [6, 6.07) is 7.59. The molecule has 0 radical (unpaired) electrons. The summed E-state index contributed by atoms with van der Waals surface area (Å²) in [6.45, 7) is 4.78. The molecule has 0 unspecified atom stereocenters. The first-order valence-electron chi connectivity index (χ1n) is 10.7. The van der Waals surface area contributed by atoms with E-state index >= 15 is 0 Å².